The van der Waals surface area contributed by atoms with Crippen molar-refractivity contribution in [3.63, 3.8) is 0 Å². The number of hydrogen-bond donors (Lipinski definition) is 2. The molecule has 1 aromatic rings. The van der Waals surface area contributed by atoms with E-state index < -0.39 is 0 Å². The van der Waals surface area contributed by atoms with Gasteiger partial charge in [0.15, 0.2) is 0 Å². The lowest BCUT2D eigenvalue weighted by Gasteiger charge is -2.32. The minimum Gasteiger partial charge on any atom is -0.399 e. The Morgan fingerprint density at radius 3 is 2.90 bits per heavy atom. The fourth-order valence-corrected chi connectivity index (χ4v) is 2.68. The average Bonchev–Trinajstić information content (AvgIpc) is 2.46. The van der Waals surface area contributed by atoms with Crippen LogP contribution in [0.5, 0.6) is 0 Å². The Morgan fingerprint density at radius 2 is 2.25 bits per heavy atom. The molecule has 3 N–H and O–H groups in total. The van der Waals surface area contributed by atoms with Gasteiger partial charge in [0.1, 0.15) is 0 Å². The molecule has 1 fully saturated rings. The molecule has 1 aliphatic rings. The first-order valence-corrected chi connectivity index (χ1v) is 7.00. The number of rotatable bonds is 3. The Kier molecular flexibility index (Phi) is 4.49. The van der Waals surface area contributed by atoms with Crippen LogP contribution in [0.1, 0.15) is 23.2 Å². The van der Waals surface area contributed by atoms with E-state index in [0.29, 0.717) is 17.8 Å². The summed E-state index contributed by atoms with van der Waals surface area (Å²) in [5.41, 5.74) is 7.92. The Balaban J connectivity index is 2.26. The van der Waals surface area contributed by atoms with Crippen molar-refractivity contribution in [1.29, 1.82) is 0 Å². The van der Waals surface area contributed by atoms with Gasteiger partial charge in [0, 0.05) is 45.2 Å². The van der Waals surface area contributed by atoms with E-state index in [-0.39, 0.29) is 18.4 Å². The Hall–Kier alpha value is -1.75. The monoisotopic (exact) mass is 277 g/mol. The number of aliphatic hydroxyl groups is 1. The highest BCUT2D eigenvalue weighted by Crippen LogP contribution is 2.25. The summed E-state index contributed by atoms with van der Waals surface area (Å²) in [6.07, 6.45) is 1.92. The van der Waals surface area contributed by atoms with Crippen molar-refractivity contribution in [2.45, 2.75) is 12.8 Å². The van der Waals surface area contributed by atoms with Crippen LogP contribution in [0.2, 0.25) is 0 Å². The number of carbonyl (C=O) groups is 1. The molecule has 0 aliphatic carbocycles. The van der Waals surface area contributed by atoms with Gasteiger partial charge in [0.05, 0.1) is 5.56 Å². The van der Waals surface area contributed by atoms with Crippen LogP contribution in [-0.4, -0.2) is 49.7 Å². The summed E-state index contributed by atoms with van der Waals surface area (Å²) < 4.78 is 0. The van der Waals surface area contributed by atoms with Gasteiger partial charge in [-0.1, -0.05) is 0 Å². The number of anilines is 2. The van der Waals surface area contributed by atoms with Crippen LogP contribution in [0.15, 0.2) is 18.2 Å². The lowest BCUT2D eigenvalue weighted by Crippen LogP contribution is -2.41. The molecule has 1 aliphatic heterocycles. The summed E-state index contributed by atoms with van der Waals surface area (Å²) in [5, 5.41) is 9.28. The number of amides is 1. The van der Waals surface area contributed by atoms with Crippen LogP contribution in [0, 0.1) is 5.92 Å². The molecule has 0 spiro atoms. The molecule has 2 rings (SSSR count). The van der Waals surface area contributed by atoms with Crippen molar-refractivity contribution >= 4 is 17.3 Å². The van der Waals surface area contributed by atoms with Gasteiger partial charge in [0.25, 0.3) is 5.91 Å². The molecule has 1 amide bonds. The first-order chi connectivity index (χ1) is 9.52. The first-order valence-electron chi connectivity index (χ1n) is 7.00. The molecule has 20 heavy (non-hydrogen) atoms. The predicted octanol–water partition coefficient (Wildman–Crippen LogP) is 1.18. The van der Waals surface area contributed by atoms with Crippen molar-refractivity contribution in [2.75, 3.05) is 44.4 Å². The fourth-order valence-electron chi connectivity index (χ4n) is 2.68. The normalized spacial score (nSPS) is 18.9. The Bertz CT molecular complexity index is 488. The molecule has 1 aromatic carbocycles. The molecule has 1 atom stereocenters. The lowest BCUT2D eigenvalue weighted by atomic mass is 9.98. The summed E-state index contributed by atoms with van der Waals surface area (Å²) in [4.78, 5) is 16.4. The summed E-state index contributed by atoms with van der Waals surface area (Å²) in [6.45, 7) is 1.51. The highest BCUT2D eigenvalue weighted by Gasteiger charge is 2.26. The van der Waals surface area contributed by atoms with E-state index in [1.165, 1.54) is 0 Å². The maximum absolute atomic E-state index is 12.7. The number of nitrogens with zero attached hydrogens (tertiary/aromatic N) is 2. The predicted molar refractivity (Wildman–Crippen MR) is 80.9 cm³/mol. The number of carbonyl (C=O) groups excluding carboxylic acids is 1. The summed E-state index contributed by atoms with van der Waals surface area (Å²) in [6, 6.07) is 5.41. The van der Waals surface area contributed by atoms with Crippen molar-refractivity contribution in [3.8, 4) is 0 Å². The molecule has 0 bridgehead atoms. The molecule has 0 radical (unpaired) electrons. The van der Waals surface area contributed by atoms with Crippen molar-refractivity contribution in [3.05, 3.63) is 23.8 Å². The standard InChI is InChI=1S/C15H23N3O2/c1-17(2)14-6-5-12(16)8-13(14)15(20)18-7-3-4-11(9-18)10-19/h5-6,8,11,19H,3-4,7,9-10,16H2,1-2H3. The minimum atomic E-state index is -0.000787. The van der Waals surface area contributed by atoms with E-state index in [1.54, 1.807) is 12.1 Å². The van der Waals surface area contributed by atoms with Gasteiger partial charge in [-0.3, -0.25) is 4.79 Å². The van der Waals surface area contributed by atoms with Gasteiger partial charge in [0.2, 0.25) is 0 Å². The molecule has 1 unspecified atom stereocenters. The summed E-state index contributed by atoms with van der Waals surface area (Å²) in [5.74, 6) is 0.190. The Labute approximate surface area is 120 Å². The van der Waals surface area contributed by atoms with Gasteiger partial charge in [-0.15, -0.1) is 0 Å². The average molecular weight is 277 g/mol. The number of hydrogen-bond acceptors (Lipinski definition) is 4. The van der Waals surface area contributed by atoms with Crippen LogP contribution in [0.25, 0.3) is 0 Å². The molecule has 0 aromatic heterocycles. The van der Waals surface area contributed by atoms with Crippen LogP contribution >= 0.6 is 0 Å². The molecule has 5 heteroatoms. The number of aliphatic hydroxyl groups excluding tert-OH is 1. The highest BCUT2D eigenvalue weighted by molar-refractivity contribution is 6.00. The third-order valence-corrected chi connectivity index (χ3v) is 3.80. The zero-order valence-corrected chi connectivity index (χ0v) is 12.2. The van der Waals surface area contributed by atoms with Gasteiger partial charge < -0.3 is 20.6 Å². The SMILES string of the molecule is CN(C)c1ccc(N)cc1C(=O)N1CCCC(CO)C1. The van der Waals surface area contributed by atoms with E-state index >= 15 is 0 Å². The van der Waals surface area contributed by atoms with Gasteiger partial charge >= 0.3 is 0 Å². The van der Waals surface area contributed by atoms with Crippen molar-refractivity contribution in [2.24, 2.45) is 5.92 Å². The third kappa shape index (κ3) is 3.04. The largest absolute Gasteiger partial charge is 0.399 e. The van der Waals surface area contributed by atoms with Crippen molar-refractivity contribution in [1.82, 2.24) is 4.90 Å². The first kappa shape index (κ1) is 14.7. The van der Waals surface area contributed by atoms with E-state index in [1.807, 2.05) is 30.0 Å². The highest BCUT2D eigenvalue weighted by atomic mass is 16.3. The maximum Gasteiger partial charge on any atom is 0.256 e. The van der Waals surface area contributed by atoms with Crippen LogP contribution in [-0.2, 0) is 0 Å². The quantitative estimate of drug-likeness (QED) is 0.814. The topological polar surface area (TPSA) is 69.8 Å². The van der Waals surface area contributed by atoms with Gasteiger partial charge in [-0.2, -0.15) is 0 Å². The fraction of sp³-hybridized carbons (Fsp3) is 0.533. The molecule has 0 saturated carbocycles. The van der Waals surface area contributed by atoms with E-state index in [9.17, 15) is 9.90 Å². The third-order valence-electron chi connectivity index (χ3n) is 3.80. The number of likely N-dealkylation sites (tertiary alicyclic amines) is 1. The maximum atomic E-state index is 12.7. The molecular weight excluding hydrogens is 254 g/mol. The zero-order chi connectivity index (χ0) is 14.7. The van der Waals surface area contributed by atoms with E-state index in [0.717, 1.165) is 25.1 Å². The Morgan fingerprint density at radius 1 is 1.50 bits per heavy atom. The molecule has 1 saturated heterocycles. The number of piperidine rings is 1. The van der Waals surface area contributed by atoms with Crippen molar-refractivity contribution < 1.29 is 9.90 Å². The smallest absolute Gasteiger partial charge is 0.256 e. The zero-order valence-electron chi connectivity index (χ0n) is 12.2. The number of nitrogen functional groups attached to an aromatic ring is 1. The van der Waals surface area contributed by atoms with Crippen LogP contribution in [0.4, 0.5) is 11.4 Å². The van der Waals surface area contributed by atoms with Gasteiger partial charge in [-0.05, 0) is 37.0 Å². The summed E-state index contributed by atoms with van der Waals surface area (Å²) >= 11 is 0. The van der Waals surface area contributed by atoms with E-state index in [2.05, 4.69) is 0 Å². The molecular formula is C15H23N3O2. The molecule has 5 nitrogen and oxygen atoms in total. The second-order valence-electron chi connectivity index (χ2n) is 5.61. The van der Waals surface area contributed by atoms with Crippen LogP contribution in [0.3, 0.4) is 0 Å². The molecule has 110 valence electrons. The second kappa shape index (κ2) is 6.13. The van der Waals surface area contributed by atoms with E-state index in [4.69, 9.17) is 5.73 Å². The number of nitrogens with two attached hydrogens (primary N) is 1. The minimum absolute atomic E-state index is 0.000787. The summed E-state index contributed by atoms with van der Waals surface area (Å²) in [7, 11) is 3.82. The molecule has 1 heterocycles. The second-order valence-corrected chi connectivity index (χ2v) is 5.61. The van der Waals surface area contributed by atoms with Gasteiger partial charge in [-0.25, -0.2) is 0 Å². The lowest BCUT2D eigenvalue weighted by molar-refractivity contribution is 0.0621. The number of benzene rings is 1. The van der Waals surface area contributed by atoms with Crippen LogP contribution < -0.4 is 10.6 Å².